The number of hydrogen-bond donors (Lipinski definition) is 2. The molecular weight excluding hydrogens is 234 g/mol. The van der Waals surface area contributed by atoms with E-state index in [1.54, 1.807) is 4.72 Å². The van der Waals surface area contributed by atoms with Gasteiger partial charge in [0.15, 0.2) is 14.9 Å². The Hall–Kier alpha value is -0.670. The van der Waals surface area contributed by atoms with Gasteiger partial charge < -0.3 is 5.11 Å². The molecule has 0 saturated heterocycles. The molecule has 0 heterocycles. The van der Waals surface area contributed by atoms with Crippen LogP contribution in [0.3, 0.4) is 0 Å². The summed E-state index contributed by atoms with van der Waals surface area (Å²) in [7, 11) is -7.80. The van der Waals surface area contributed by atoms with Crippen LogP contribution in [0.4, 0.5) is 0 Å². The van der Waals surface area contributed by atoms with Crippen LogP contribution in [0.15, 0.2) is 0 Å². The van der Waals surface area contributed by atoms with Crippen molar-refractivity contribution in [1.82, 2.24) is 4.72 Å². The Morgan fingerprint density at radius 2 is 1.79 bits per heavy atom. The van der Waals surface area contributed by atoms with Crippen molar-refractivity contribution >= 4 is 25.8 Å². The molecule has 0 unspecified atom stereocenters. The van der Waals surface area contributed by atoms with Gasteiger partial charge in [-0.2, -0.15) is 0 Å². The maximum absolute atomic E-state index is 11.0. The first-order chi connectivity index (χ1) is 6.03. The van der Waals surface area contributed by atoms with E-state index in [1.807, 2.05) is 0 Å². The van der Waals surface area contributed by atoms with Gasteiger partial charge in [0.05, 0.1) is 0 Å². The van der Waals surface area contributed by atoms with Crippen LogP contribution in [0, 0.1) is 0 Å². The molecular formula is C5H11NO6S2. The zero-order valence-electron chi connectivity index (χ0n) is 7.59. The first kappa shape index (κ1) is 13.3. The summed E-state index contributed by atoms with van der Waals surface area (Å²) < 4.78 is 45.0. The van der Waals surface area contributed by atoms with Crippen LogP contribution in [-0.4, -0.2) is 45.3 Å². The predicted molar refractivity (Wildman–Crippen MR) is 48.9 cm³/mol. The third-order valence-corrected chi connectivity index (χ3v) is 4.76. The number of carboxylic acids is 1. The Morgan fingerprint density at radius 3 is 2.07 bits per heavy atom. The molecule has 0 fully saturated rings. The van der Waals surface area contributed by atoms with E-state index in [2.05, 4.69) is 0 Å². The molecule has 0 aliphatic carbocycles. The van der Waals surface area contributed by atoms with E-state index in [9.17, 15) is 21.6 Å². The second kappa shape index (κ2) is 4.24. The zero-order chi connectivity index (χ0) is 11.6. The van der Waals surface area contributed by atoms with Gasteiger partial charge in [-0.1, -0.05) is 0 Å². The third kappa shape index (κ3) is 5.89. The van der Waals surface area contributed by atoms with E-state index in [1.165, 1.54) is 0 Å². The molecule has 2 N–H and O–H groups in total. The van der Waals surface area contributed by atoms with Crippen molar-refractivity contribution in [1.29, 1.82) is 0 Å². The number of hydrogen-bond acceptors (Lipinski definition) is 5. The van der Waals surface area contributed by atoms with Crippen LogP contribution in [0.1, 0.15) is 6.92 Å². The Morgan fingerprint density at radius 1 is 1.36 bits per heavy atom. The number of rotatable bonds is 5. The van der Waals surface area contributed by atoms with Crippen LogP contribution in [0.2, 0.25) is 0 Å². The zero-order valence-corrected chi connectivity index (χ0v) is 9.22. The summed E-state index contributed by atoms with van der Waals surface area (Å²) >= 11 is 0. The summed E-state index contributed by atoms with van der Waals surface area (Å²) in [5, 5.41) is 7.25. The van der Waals surface area contributed by atoms with Crippen molar-refractivity contribution in [2.45, 2.75) is 13.0 Å². The lowest BCUT2D eigenvalue weighted by Crippen LogP contribution is -2.40. The number of aliphatic carboxylic acids is 1. The molecule has 0 amide bonds. The lowest BCUT2D eigenvalue weighted by Gasteiger charge is -2.08. The summed E-state index contributed by atoms with van der Waals surface area (Å²) in [5.74, 6) is -1.37. The van der Waals surface area contributed by atoms with Crippen molar-refractivity contribution in [3.63, 3.8) is 0 Å². The van der Waals surface area contributed by atoms with E-state index in [-0.39, 0.29) is 0 Å². The SMILES string of the molecule is C[C@@H](NS(=O)(=O)CS(C)(=O)=O)C(=O)O. The molecule has 9 heteroatoms. The average molecular weight is 245 g/mol. The smallest absolute Gasteiger partial charge is 0.321 e. The predicted octanol–water partition coefficient (Wildman–Crippen LogP) is -1.62. The van der Waals surface area contributed by atoms with Gasteiger partial charge in [-0.25, -0.2) is 21.6 Å². The van der Waals surface area contributed by atoms with E-state index >= 15 is 0 Å². The third-order valence-electron chi connectivity index (χ3n) is 1.10. The number of sulfonamides is 1. The van der Waals surface area contributed by atoms with E-state index < -0.39 is 37.0 Å². The number of carboxylic acid groups (broad SMARTS) is 1. The minimum Gasteiger partial charge on any atom is -0.480 e. The molecule has 14 heavy (non-hydrogen) atoms. The molecule has 84 valence electrons. The fourth-order valence-corrected chi connectivity index (χ4v) is 3.80. The van der Waals surface area contributed by atoms with Crippen LogP contribution in [0.25, 0.3) is 0 Å². The maximum atomic E-state index is 11.0. The number of sulfone groups is 1. The van der Waals surface area contributed by atoms with Gasteiger partial charge >= 0.3 is 5.97 Å². The molecule has 0 aromatic rings. The molecule has 0 radical (unpaired) electrons. The summed E-state index contributed by atoms with van der Waals surface area (Å²) in [4.78, 5) is 10.3. The highest BCUT2D eigenvalue weighted by Gasteiger charge is 2.23. The first-order valence-corrected chi connectivity index (χ1v) is 7.15. The summed E-state index contributed by atoms with van der Waals surface area (Å²) in [5.41, 5.74) is 0. The van der Waals surface area contributed by atoms with Crippen molar-refractivity contribution in [2.75, 3.05) is 11.3 Å². The minimum absolute atomic E-state index is 0.748. The van der Waals surface area contributed by atoms with E-state index in [4.69, 9.17) is 5.11 Å². The van der Waals surface area contributed by atoms with Gasteiger partial charge in [0.1, 0.15) is 6.04 Å². The van der Waals surface area contributed by atoms with Gasteiger partial charge in [0.25, 0.3) is 0 Å². The van der Waals surface area contributed by atoms with Crippen LogP contribution in [-0.2, 0) is 24.7 Å². The molecule has 0 saturated carbocycles. The normalized spacial score (nSPS) is 15.0. The van der Waals surface area contributed by atoms with Crippen molar-refractivity contribution in [3.8, 4) is 0 Å². The van der Waals surface area contributed by atoms with Crippen molar-refractivity contribution in [3.05, 3.63) is 0 Å². The Labute approximate surface area is 82.1 Å². The second-order valence-electron chi connectivity index (χ2n) is 2.84. The van der Waals surface area contributed by atoms with E-state index in [0.29, 0.717) is 0 Å². The topological polar surface area (TPSA) is 118 Å². The highest BCUT2D eigenvalue weighted by molar-refractivity contribution is 8.06. The van der Waals surface area contributed by atoms with E-state index in [0.717, 1.165) is 13.2 Å². The lowest BCUT2D eigenvalue weighted by molar-refractivity contribution is -0.138. The highest BCUT2D eigenvalue weighted by Crippen LogP contribution is 1.94. The fourth-order valence-electron chi connectivity index (χ4n) is 0.636. The van der Waals surface area contributed by atoms with Crippen LogP contribution < -0.4 is 4.72 Å². The summed E-state index contributed by atoms with van der Waals surface area (Å²) in [6.07, 6.45) is 0.748. The number of nitrogens with one attached hydrogen (secondary N) is 1. The van der Waals surface area contributed by atoms with Crippen LogP contribution in [0.5, 0.6) is 0 Å². The highest BCUT2D eigenvalue weighted by atomic mass is 32.3. The Balaban J connectivity index is 4.61. The van der Waals surface area contributed by atoms with Gasteiger partial charge in [-0.15, -0.1) is 0 Å². The molecule has 0 aliphatic heterocycles. The van der Waals surface area contributed by atoms with Gasteiger partial charge in [0, 0.05) is 6.26 Å². The standard InChI is InChI=1S/C5H11NO6S2/c1-4(5(7)8)6-14(11,12)3-13(2,9)10/h4,6H,3H2,1-2H3,(H,7,8)/t4-/m1/s1. The lowest BCUT2D eigenvalue weighted by atomic mass is 10.4. The second-order valence-corrected chi connectivity index (χ2v) is 7.10. The van der Waals surface area contributed by atoms with Crippen molar-refractivity contribution in [2.24, 2.45) is 0 Å². The number of carbonyl (C=O) groups is 1. The summed E-state index contributed by atoms with van der Waals surface area (Å²) in [6, 6.07) is -1.35. The molecule has 0 rings (SSSR count). The minimum atomic E-state index is -4.10. The monoisotopic (exact) mass is 245 g/mol. The molecule has 0 bridgehead atoms. The molecule has 0 aliphatic rings. The molecule has 7 nitrogen and oxygen atoms in total. The molecule has 1 atom stereocenters. The molecule has 0 spiro atoms. The first-order valence-electron chi connectivity index (χ1n) is 3.44. The Bertz CT molecular complexity index is 408. The van der Waals surface area contributed by atoms with Gasteiger partial charge in [-0.3, -0.25) is 4.79 Å². The maximum Gasteiger partial charge on any atom is 0.321 e. The largest absolute Gasteiger partial charge is 0.480 e. The Kier molecular flexibility index (Phi) is 4.03. The molecule has 0 aromatic carbocycles. The van der Waals surface area contributed by atoms with Crippen LogP contribution >= 0.6 is 0 Å². The fraction of sp³-hybridized carbons (Fsp3) is 0.800. The summed E-state index contributed by atoms with van der Waals surface area (Å²) in [6.45, 7) is 1.10. The van der Waals surface area contributed by atoms with Crippen molar-refractivity contribution < 1.29 is 26.7 Å². The van der Waals surface area contributed by atoms with Gasteiger partial charge in [0.2, 0.25) is 10.0 Å². The van der Waals surface area contributed by atoms with Gasteiger partial charge in [-0.05, 0) is 6.92 Å². The average Bonchev–Trinajstić information content (AvgIpc) is 1.78. The molecule has 0 aromatic heterocycles. The quantitative estimate of drug-likeness (QED) is 0.601.